The molecule has 0 aliphatic carbocycles. The molecular formula is C15H17N3O4S. The van der Waals surface area contributed by atoms with E-state index in [1.807, 2.05) is 13.8 Å². The van der Waals surface area contributed by atoms with Gasteiger partial charge in [0.1, 0.15) is 16.4 Å². The zero-order chi connectivity index (χ0) is 17.0. The van der Waals surface area contributed by atoms with Crippen LogP contribution in [0.1, 0.15) is 33.9 Å². The molecule has 1 aromatic heterocycles. The van der Waals surface area contributed by atoms with Gasteiger partial charge in [-0.2, -0.15) is 0 Å². The van der Waals surface area contributed by atoms with Gasteiger partial charge in [0, 0.05) is 6.07 Å². The van der Waals surface area contributed by atoms with Crippen LogP contribution in [0.5, 0.6) is 11.5 Å². The minimum absolute atomic E-state index is 0.102. The number of carbonyl (C=O) groups excluding carboxylic acids is 2. The number of aromatic nitrogens is 1. The first-order valence-electron chi connectivity index (χ1n) is 6.82. The molecule has 2 amide bonds. The maximum atomic E-state index is 12.4. The Morgan fingerprint density at radius 3 is 2.65 bits per heavy atom. The summed E-state index contributed by atoms with van der Waals surface area (Å²) in [4.78, 5) is 27.7. The van der Waals surface area contributed by atoms with Gasteiger partial charge in [-0.3, -0.25) is 14.9 Å². The highest BCUT2D eigenvalue weighted by Gasteiger charge is 2.17. The van der Waals surface area contributed by atoms with Crippen molar-refractivity contribution in [2.24, 2.45) is 5.73 Å². The quantitative estimate of drug-likeness (QED) is 0.843. The molecule has 1 heterocycles. The van der Waals surface area contributed by atoms with Crippen LogP contribution in [0.25, 0.3) is 0 Å². The summed E-state index contributed by atoms with van der Waals surface area (Å²) >= 11 is 1.01. The van der Waals surface area contributed by atoms with Crippen molar-refractivity contribution in [1.29, 1.82) is 0 Å². The number of anilines is 1. The number of thiazole rings is 1. The number of hydrogen-bond acceptors (Lipinski definition) is 6. The molecule has 0 fully saturated rings. The number of ether oxygens (including phenoxy) is 2. The Morgan fingerprint density at radius 1 is 1.35 bits per heavy atom. The van der Waals surface area contributed by atoms with Gasteiger partial charge < -0.3 is 15.2 Å². The normalized spacial score (nSPS) is 10.4. The molecule has 2 rings (SSSR count). The summed E-state index contributed by atoms with van der Waals surface area (Å²) < 4.78 is 10.8. The van der Waals surface area contributed by atoms with Gasteiger partial charge in [0.05, 0.1) is 25.0 Å². The average Bonchev–Trinajstić information content (AvgIpc) is 2.95. The number of benzene rings is 1. The number of nitrogens with two attached hydrogens (primary N) is 1. The van der Waals surface area contributed by atoms with Crippen LogP contribution in [-0.2, 0) is 0 Å². The molecule has 0 aliphatic heterocycles. The van der Waals surface area contributed by atoms with E-state index in [1.165, 1.54) is 13.3 Å². The fraction of sp³-hybridized carbons (Fsp3) is 0.267. The Kier molecular flexibility index (Phi) is 5.17. The standard InChI is InChI=1S/C15H17N3O4S/c1-8(2)22-11-6-9(21-3)4-5-10(11)14(20)18-15-17-7-12(23-15)13(16)19/h4-8H,1-3H3,(H2,16,19)(H,17,18,20). The molecule has 0 radical (unpaired) electrons. The van der Waals surface area contributed by atoms with E-state index in [-0.39, 0.29) is 16.1 Å². The molecule has 8 heteroatoms. The number of amides is 2. The molecule has 0 bridgehead atoms. The van der Waals surface area contributed by atoms with Crippen LogP contribution >= 0.6 is 11.3 Å². The van der Waals surface area contributed by atoms with Crippen LogP contribution < -0.4 is 20.5 Å². The first-order valence-corrected chi connectivity index (χ1v) is 7.64. The first-order chi connectivity index (χ1) is 10.9. The van der Waals surface area contributed by atoms with Gasteiger partial charge in [-0.05, 0) is 26.0 Å². The number of rotatable bonds is 6. The molecule has 7 nitrogen and oxygen atoms in total. The number of methoxy groups -OCH3 is 1. The van der Waals surface area contributed by atoms with Crippen molar-refractivity contribution in [2.45, 2.75) is 20.0 Å². The average molecular weight is 335 g/mol. The SMILES string of the molecule is COc1ccc(C(=O)Nc2ncc(C(N)=O)s2)c(OC(C)C)c1. The highest BCUT2D eigenvalue weighted by molar-refractivity contribution is 7.17. The largest absolute Gasteiger partial charge is 0.497 e. The Morgan fingerprint density at radius 2 is 2.09 bits per heavy atom. The van der Waals surface area contributed by atoms with Crippen LogP contribution in [0, 0.1) is 0 Å². The second-order valence-corrected chi connectivity index (χ2v) is 5.91. The Balaban J connectivity index is 2.24. The van der Waals surface area contributed by atoms with Crippen LogP contribution in [0.3, 0.4) is 0 Å². The maximum Gasteiger partial charge on any atom is 0.261 e. The Bertz CT molecular complexity index is 727. The molecule has 3 N–H and O–H groups in total. The molecule has 2 aromatic rings. The van der Waals surface area contributed by atoms with Crippen molar-refractivity contribution in [3.63, 3.8) is 0 Å². The minimum atomic E-state index is -0.587. The third-order valence-corrected chi connectivity index (χ3v) is 3.69. The first kappa shape index (κ1) is 16.8. The summed E-state index contributed by atoms with van der Waals surface area (Å²) in [5.41, 5.74) is 5.51. The highest BCUT2D eigenvalue weighted by atomic mass is 32.1. The molecule has 0 atom stereocenters. The van der Waals surface area contributed by atoms with Crippen molar-refractivity contribution in [3.8, 4) is 11.5 Å². The second-order valence-electron chi connectivity index (χ2n) is 4.88. The monoisotopic (exact) mass is 335 g/mol. The molecule has 1 aromatic carbocycles. The summed E-state index contributed by atoms with van der Waals surface area (Å²) in [6, 6.07) is 4.92. The molecule has 0 unspecified atom stereocenters. The lowest BCUT2D eigenvalue weighted by atomic mass is 10.1. The van der Waals surface area contributed by atoms with E-state index in [4.69, 9.17) is 15.2 Å². The summed E-state index contributed by atoms with van der Waals surface area (Å²) in [5, 5.41) is 2.91. The van der Waals surface area contributed by atoms with Crippen molar-refractivity contribution in [3.05, 3.63) is 34.8 Å². The molecule has 0 saturated heterocycles. The number of primary amides is 1. The van der Waals surface area contributed by atoms with Crippen LogP contribution in [-0.4, -0.2) is 30.0 Å². The van der Waals surface area contributed by atoms with Gasteiger partial charge in [0.15, 0.2) is 5.13 Å². The lowest BCUT2D eigenvalue weighted by molar-refractivity contribution is 0.0999. The lowest BCUT2D eigenvalue weighted by Crippen LogP contribution is -2.15. The van der Waals surface area contributed by atoms with Gasteiger partial charge in [-0.15, -0.1) is 0 Å². The lowest BCUT2D eigenvalue weighted by Gasteiger charge is -2.14. The molecule has 0 aliphatic rings. The summed E-state index contributed by atoms with van der Waals surface area (Å²) in [6.45, 7) is 3.72. The predicted molar refractivity (Wildman–Crippen MR) is 87.3 cm³/mol. The minimum Gasteiger partial charge on any atom is -0.497 e. The van der Waals surface area contributed by atoms with E-state index >= 15 is 0 Å². The third-order valence-electron chi connectivity index (χ3n) is 2.77. The topological polar surface area (TPSA) is 104 Å². The van der Waals surface area contributed by atoms with E-state index in [0.29, 0.717) is 17.1 Å². The van der Waals surface area contributed by atoms with Crippen LogP contribution in [0.2, 0.25) is 0 Å². The Labute approximate surface area is 137 Å². The summed E-state index contributed by atoms with van der Waals surface area (Å²) in [5.74, 6) is 0.0101. The smallest absolute Gasteiger partial charge is 0.261 e. The molecule has 0 saturated carbocycles. The highest BCUT2D eigenvalue weighted by Crippen LogP contribution is 2.27. The predicted octanol–water partition coefficient (Wildman–Crippen LogP) is 2.29. The van der Waals surface area contributed by atoms with E-state index in [2.05, 4.69) is 10.3 Å². The van der Waals surface area contributed by atoms with Gasteiger partial charge >= 0.3 is 0 Å². The molecule has 122 valence electrons. The summed E-state index contributed by atoms with van der Waals surface area (Å²) in [7, 11) is 1.54. The number of nitrogens with one attached hydrogen (secondary N) is 1. The second kappa shape index (κ2) is 7.10. The maximum absolute atomic E-state index is 12.4. The number of hydrogen-bond donors (Lipinski definition) is 2. The van der Waals surface area contributed by atoms with Gasteiger partial charge in [-0.1, -0.05) is 11.3 Å². The van der Waals surface area contributed by atoms with E-state index < -0.39 is 11.8 Å². The van der Waals surface area contributed by atoms with Crippen molar-refractivity contribution in [1.82, 2.24) is 4.98 Å². The van der Waals surface area contributed by atoms with Crippen molar-refractivity contribution >= 4 is 28.3 Å². The van der Waals surface area contributed by atoms with E-state index in [9.17, 15) is 9.59 Å². The van der Waals surface area contributed by atoms with Crippen molar-refractivity contribution in [2.75, 3.05) is 12.4 Å². The van der Waals surface area contributed by atoms with Gasteiger partial charge in [0.25, 0.3) is 11.8 Å². The fourth-order valence-corrected chi connectivity index (χ4v) is 2.44. The third kappa shape index (κ3) is 4.19. The van der Waals surface area contributed by atoms with Gasteiger partial charge in [-0.25, -0.2) is 4.98 Å². The van der Waals surface area contributed by atoms with Crippen molar-refractivity contribution < 1.29 is 19.1 Å². The molecular weight excluding hydrogens is 318 g/mol. The number of carbonyl (C=O) groups is 2. The number of nitrogens with zero attached hydrogens (tertiary/aromatic N) is 1. The summed E-state index contributed by atoms with van der Waals surface area (Å²) in [6.07, 6.45) is 1.22. The Hall–Kier alpha value is -2.61. The fourth-order valence-electron chi connectivity index (χ4n) is 1.78. The van der Waals surface area contributed by atoms with Crippen LogP contribution in [0.15, 0.2) is 24.4 Å². The molecule has 23 heavy (non-hydrogen) atoms. The molecule has 0 spiro atoms. The van der Waals surface area contributed by atoms with Gasteiger partial charge in [0.2, 0.25) is 0 Å². The zero-order valence-corrected chi connectivity index (χ0v) is 13.8. The van der Waals surface area contributed by atoms with Crippen LogP contribution in [0.4, 0.5) is 5.13 Å². The zero-order valence-electron chi connectivity index (χ0n) is 13.0. The van der Waals surface area contributed by atoms with E-state index in [0.717, 1.165) is 11.3 Å². The van der Waals surface area contributed by atoms with E-state index in [1.54, 1.807) is 18.2 Å².